The number of halogens is 1. The molecule has 2 saturated heterocycles. The Morgan fingerprint density at radius 1 is 1.20 bits per heavy atom. The maximum absolute atomic E-state index is 14.6. The number of aryl methyl sites for hydroxylation is 1. The molecule has 3 aliphatic rings. The molecule has 4 atom stereocenters. The van der Waals surface area contributed by atoms with Crippen molar-refractivity contribution in [3.63, 3.8) is 0 Å². The molecule has 6 heterocycles. The van der Waals surface area contributed by atoms with E-state index in [1.165, 1.54) is 0 Å². The van der Waals surface area contributed by atoms with Crippen LogP contribution >= 0.6 is 11.3 Å². The summed E-state index contributed by atoms with van der Waals surface area (Å²) in [6.07, 6.45) is 3.87. The van der Waals surface area contributed by atoms with Crippen molar-refractivity contribution in [2.45, 2.75) is 93.3 Å². The summed E-state index contributed by atoms with van der Waals surface area (Å²) in [4.78, 5) is 53.9. The van der Waals surface area contributed by atoms with Gasteiger partial charge in [-0.2, -0.15) is 0 Å². The second-order valence-electron chi connectivity index (χ2n) is 16.1. The van der Waals surface area contributed by atoms with Crippen molar-refractivity contribution in [3.05, 3.63) is 58.2 Å². The third-order valence-corrected chi connectivity index (χ3v) is 15.8. The zero-order valence-corrected chi connectivity index (χ0v) is 35.5. The summed E-state index contributed by atoms with van der Waals surface area (Å²) in [7, 11) is 3.55. The normalized spacial score (nSPS) is 23.5. The first-order chi connectivity index (χ1) is 25.8. The Labute approximate surface area is 332 Å². The molecule has 1 N–H and O–H groups in total. The van der Waals surface area contributed by atoms with E-state index in [2.05, 4.69) is 74.3 Å². The Morgan fingerprint density at radius 3 is 2.74 bits per heavy atom. The minimum atomic E-state index is -0.826. The number of cyclic esters (lactones) is 1. The predicted molar refractivity (Wildman–Crippen MR) is 206 cm³/mol. The van der Waals surface area contributed by atoms with Crippen LogP contribution in [0.3, 0.4) is 0 Å². The fraction of sp³-hybridized carbons (Fsp3) is 0.537. The van der Waals surface area contributed by atoms with Crippen LogP contribution in [0.15, 0.2) is 41.9 Å². The number of thiazole rings is 1. The van der Waals surface area contributed by atoms with E-state index in [9.17, 15) is 14.4 Å². The van der Waals surface area contributed by atoms with Gasteiger partial charge in [0.2, 0.25) is 0 Å². The zero-order chi connectivity index (χ0) is 38.5. The zero-order valence-electron chi connectivity index (χ0n) is 32.6. The van der Waals surface area contributed by atoms with Crippen LogP contribution in [0, 0.1) is 11.3 Å². The van der Waals surface area contributed by atoms with Gasteiger partial charge in [0.25, 0.3) is 0 Å². The Bertz CT molecular complexity index is 2080. The van der Waals surface area contributed by atoms with Crippen LogP contribution in [0.25, 0.3) is 33.4 Å². The molecule has 3 aromatic heterocycles. The number of nitrogens with zero attached hydrogens (tertiary/aromatic N) is 5. The summed E-state index contributed by atoms with van der Waals surface area (Å²) in [6.45, 7) is 14.7. The van der Waals surface area contributed by atoms with E-state index in [1.54, 1.807) is 28.4 Å². The number of alkyl halides is 2. The number of ether oxygens (including phenoxy) is 2. The molecule has 6 bridgehead atoms. The second kappa shape index (κ2) is 15.3. The summed E-state index contributed by atoms with van der Waals surface area (Å²) < 4.78 is 13.1. The quantitative estimate of drug-likeness (QED) is 0.171. The van der Waals surface area contributed by atoms with Crippen molar-refractivity contribution < 1.29 is 45.1 Å². The molecule has 54 heavy (non-hydrogen) atoms. The summed E-state index contributed by atoms with van der Waals surface area (Å²) in [6, 6.07) is 9.99. The Morgan fingerprint density at radius 2 is 2.00 bits per heavy atom. The van der Waals surface area contributed by atoms with Gasteiger partial charge in [-0.1, -0.05) is 0 Å². The molecule has 13 heteroatoms. The van der Waals surface area contributed by atoms with Gasteiger partial charge in [-0.3, -0.25) is 4.98 Å². The van der Waals surface area contributed by atoms with Crippen LogP contribution in [0.4, 0.5) is 0 Å². The molecule has 3 aliphatic heterocycles. The fourth-order valence-electron chi connectivity index (χ4n) is 8.01. The average molecular weight is 868 g/mol. The van der Waals surface area contributed by atoms with Crippen LogP contribution in [0.5, 0.6) is 0 Å². The number of amides is 2. The van der Waals surface area contributed by atoms with Crippen LogP contribution in [0.1, 0.15) is 76.8 Å². The number of hydrogen-bond donors (Lipinski definition) is 1. The molecular weight excluding hydrogens is 815 g/mol. The van der Waals surface area contributed by atoms with Gasteiger partial charge in [-0.05, 0) is 13.0 Å². The summed E-state index contributed by atoms with van der Waals surface area (Å²) >= 11 is 0.739. The number of nitrogens with one attached hydrogen (secondary N) is 1. The number of hydrazine groups is 1. The Balaban J connectivity index is 1.36. The van der Waals surface area contributed by atoms with Crippen molar-refractivity contribution in [3.8, 4) is 22.5 Å². The fourth-order valence-corrected chi connectivity index (χ4v) is 12.7. The number of benzene rings is 1. The molecule has 4 aromatic rings. The monoisotopic (exact) mass is 867 g/mol. The third-order valence-electron chi connectivity index (χ3n) is 10.8. The molecule has 2 unspecified atom stereocenters. The number of carbonyl (C=O) groups excluding carboxylic acids is 3. The molecule has 11 nitrogen and oxygen atoms in total. The number of fused-ring (bicyclic) bond motifs is 6. The van der Waals surface area contributed by atoms with Gasteiger partial charge in [0.05, 0.1) is 6.10 Å². The van der Waals surface area contributed by atoms with Crippen molar-refractivity contribution in [2.24, 2.45) is 11.3 Å². The van der Waals surface area contributed by atoms with E-state index in [0.29, 0.717) is 44.7 Å². The van der Waals surface area contributed by atoms with E-state index < -0.39 is 36.1 Å². The van der Waals surface area contributed by atoms with Gasteiger partial charge in [0.15, 0.2) is 0 Å². The van der Waals surface area contributed by atoms with Crippen LogP contribution < -0.4 is 26.6 Å². The van der Waals surface area contributed by atoms with E-state index in [-0.39, 0.29) is 34.4 Å². The summed E-state index contributed by atoms with van der Waals surface area (Å²) in [5, 5.41) is 5.65. The van der Waals surface area contributed by atoms with E-state index >= 15 is 0 Å². The number of pyridine rings is 1. The number of esters is 1. The number of rotatable bonds is 7. The summed E-state index contributed by atoms with van der Waals surface area (Å²) in [5.74, 6) is -0.111. The predicted octanol–water partition coefficient (Wildman–Crippen LogP) is 3.04. The van der Waals surface area contributed by atoms with Crippen molar-refractivity contribution in [2.75, 3.05) is 33.9 Å². The van der Waals surface area contributed by atoms with Gasteiger partial charge in [-0.25, -0.2) is 0 Å². The summed E-state index contributed by atoms with van der Waals surface area (Å²) in [5.41, 5.74) is 9.89. The number of hydrogen-bond acceptors (Lipinski definition) is 9. The van der Waals surface area contributed by atoms with Gasteiger partial charge in [0.1, 0.15) is 0 Å². The first-order valence-electron chi connectivity index (χ1n) is 19.0. The van der Waals surface area contributed by atoms with E-state index in [1.807, 2.05) is 26.2 Å². The molecule has 0 radical (unpaired) electrons. The van der Waals surface area contributed by atoms with Gasteiger partial charge in [-0.15, -0.1) is 0 Å². The standard InChI is InChI=1S/C41H52IN6O5S/c1-9-47-32-15-14-26-18-28(32)29(35(47)27-12-10-16-43-34(27)25(4)52-8)19-40(5,6)23-53-38(50)30-13-11-17-48(45-30)39(51)41(20-33-44-31(26)22-54-33)36(42-41)37(49)46(7)21-24(2)3/h10,12,14-16,18,22,24-25,30,36,45H,9,11,13,17,19-21,23H2,1-8H3/q-1/t25-,30-,36?,41?/m0/s1. The van der Waals surface area contributed by atoms with Gasteiger partial charge >= 0.3 is 292 Å². The third kappa shape index (κ3) is 7.33. The van der Waals surface area contributed by atoms with Gasteiger partial charge in [0, 0.05) is 13.3 Å². The minimum absolute atomic E-state index is 0.0323. The molecule has 0 aliphatic carbocycles. The SMILES string of the molecule is CCn1c(-c2cccnc2[C@H](C)OC)c2c3cc(ccc31)-c1csc(n1)CC1([I-]C1C(=O)N(C)CC(C)C)C(=O)N1CCC[C@H](N1)C(=O)OCC(C)(C)C2. The maximum atomic E-state index is 14.6. The van der Waals surface area contributed by atoms with E-state index in [0.717, 1.165) is 56.2 Å². The Kier molecular flexibility index (Phi) is 11.0. The molecule has 1 aromatic carbocycles. The van der Waals surface area contributed by atoms with E-state index in [4.69, 9.17) is 19.4 Å². The van der Waals surface area contributed by atoms with Gasteiger partial charge < -0.3 is 4.74 Å². The first-order valence-corrected chi connectivity index (χ1v) is 22.2. The van der Waals surface area contributed by atoms with Crippen molar-refractivity contribution in [1.82, 2.24) is 29.9 Å². The number of aromatic nitrogens is 3. The average Bonchev–Trinajstić information content (AvgIpc) is 3.55. The second-order valence-corrected chi connectivity index (χ2v) is 20.8. The first kappa shape index (κ1) is 38.9. The topological polar surface area (TPSA) is 119 Å². The van der Waals surface area contributed by atoms with Crippen LogP contribution in [-0.4, -0.2) is 89.5 Å². The Hall–Kier alpha value is -3.40. The number of methoxy groups -OCH3 is 1. The van der Waals surface area contributed by atoms with Crippen LogP contribution in [-0.2, 0) is 43.2 Å². The molecule has 0 saturated carbocycles. The molecule has 1 spiro atoms. The van der Waals surface area contributed by atoms with Crippen molar-refractivity contribution in [1.29, 1.82) is 0 Å². The molecule has 2 fully saturated rings. The van der Waals surface area contributed by atoms with Crippen LogP contribution in [0.2, 0.25) is 0 Å². The van der Waals surface area contributed by atoms with Crippen molar-refractivity contribution >= 4 is 40.0 Å². The number of carbonyl (C=O) groups is 3. The molecule has 7 rings (SSSR count). The molecule has 290 valence electrons. The molecular formula is C41H52IN6O5S-. The molecule has 2 amide bonds.